The van der Waals surface area contributed by atoms with E-state index in [0.717, 1.165) is 13.0 Å². The fourth-order valence-corrected chi connectivity index (χ4v) is 3.74. The number of ether oxygens (including phenoxy) is 2. The Morgan fingerprint density at radius 2 is 1.23 bits per heavy atom. The lowest BCUT2D eigenvalue weighted by molar-refractivity contribution is -0.123. The molecule has 1 aliphatic heterocycles. The third-order valence-corrected chi connectivity index (χ3v) is 5.37. The first-order chi connectivity index (χ1) is 12.9. The Kier molecular flexibility index (Phi) is 16.0. The van der Waals surface area contributed by atoms with E-state index >= 15 is 0 Å². The largest absolute Gasteiger partial charge is 0.373 e. The smallest absolute Gasteiger partial charge is 0.102 e. The molecule has 0 radical (unpaired) electrons. The maximum atomic E-state index is 5.89. The lowest BCUT2D eigenvalue weighted by Crippen LogP contribution is -2.37. The molecule has 0 aromatic heterocycles. The summed E-state index contributed by atoms with van der Waals surface area (Å²) in [5, 5.41) is 0. The minimum Gasteiger partial charge on any atom is -0.373 e. The van der Waals surface area contributed by atoms with Gasteiger partial charge in [-0.2, -0.15) is 0 Å². The van der Waals surface area contributed by atoms with Crippen LogP contribution in [0, 0.1) is 0 Å². The van der Waals surface area contributed by atoms with Gasteiger partial charge in [-0.3, -0.25) is 0 Å². The first kappa shape index (κ1) is 23.4. The van der Waals surface area contributed by atoms with Crippen LogP contribution in [0.1, 0.15) is 103 Å². The Hall–Kier alpha value is -0.600. The summed E-state index contributed by atoms with van der Waals surface area (Å²) in [7, 11) is 0. The van der Waals surface area contributed by atoms with Crippen LogP contribution in [-0.2, 0) is 9.47 Å². The van der Waals surface area contributed by atoms with Crippen LogP contribution in [0.15, 0.2) is 24.8 Å². The third kappa shape index (κ3) is 12.7. The van der Waals surface area contributed by atoms with E-state index < -0.39 is 0 Å². The van der Waals surface area contributed by atoms with Gasteiger partial charge in [0, 0.05) is 0 Å². The van der Waals surface area contributed by atoms with Crippen molar-refractivity contribution in [3.63, 3.8) is 0 Å². The molecule has 1 saturated heterocycles. The summed E-state index contributed by atoms with van der Waals surface area (Å²) in [5.74, 6) is 0. The molecule has 0 saturated carbocycles. The van der Waals surface area contributed by atoms with Gasteiger partial charge in [0.25, 0.3) is 0 Å². The number of hydrogen-bond acceptors (Lipinski definition) is 2. The summed E-state index contributed by atoms with van der Waals surface area (Å²) in [6.45, 7) is 7.46. The van der Waals surface area contributed by atoms with Crippen LogP contribution in [-0.4, -0.2) is 25.4 Å². The van der Waals surface area contributed by atoms with Gasteiger partial charge >= 0.3 is 0 Å². The van der Waals surface area contributed by atoms with E-state index in [4.69, 9.17) is 9.47 Å². The van der Waals surface area contributed by atoms with Crippen LogP contribution >= 0.6 is 0 Å². The molecule has 0 bridgehead atoms. The monoisotopic (exact) mass is 364 g/mol. The SMILES string of the molecule is C=C/C=C/[C@@H]1OCCO[C@@H]1CCCCCCCCCCCCCCCC. The molecule has 1 heterocycles. The predicted molar refractivity (Wildman–Crippen MR) is 114 cm³/mol. The zero-order valence-electron chi connectivity index (χ0n) is 17.4. The van der Waals surface area contributed by atoms with Crippen molar-refractivity contribution in [2.45, 2.75) is 115 Å². The summed E-state index contributed by atoms with van der Waals surface area (Å²) in [6, 6.07) is 0. The fourth-order valence-electron chi connectivity index (χ4n) is 3.74. The molecule has 0 unspecified atom stereocenters. The zero-order valence-corrected chi connectivity index (χ0v) is 17.4. The molecule has 1 fully saturated rings. The minimum absolute atomic E-state index is 0.115. The molecule has 152 valence electrons. The average molecular weight is 365 g/mol. The van der Waals surface area contributed by atoms with E-state index in [1.54, 1.807) is 0 Å². The summed E-state index contributed by atoms with van der Waals surface area (Å²) >= 11 is 0. The van der Waals surface area contributed by atoms with Crippen LogP contribution < -0.4 is 0 Å². The standard InChI is InChI=1S/C24H44O2/c1-3-5-7-8-9-10-11-12-13-14-15-16-17-18-20-24-23(19-6-4-2)25-21-22-26-24/h4,6,19,23-24H,2-3,5,7-18,20-22H2,1H3/b19-6+/t23-,24+/m0/s1. The Labute approximate surface area is 163 Å². The van der Waals surface area contributed by atoms with Crippen molar-refractivity contribution in [3.8, 4) is 0 Å². The Balaban J connectivity index is 1.87. The van der Waals surface area contributed by atoms with E-state index in [2.05, 4.69) is 19.6 Å². The highest BCUT2D eigenvalue weighted by molar-refractivity contribution is 5.03. The lowest BCUT2D eigenvalue weighted by Gasteiger charge is -2.30. The van der Waals surface area contributed by atoms with Gasteiger partial charge in [0.05, 0.1) is 19.3 Å². The van der Waals surface area contributed by atoms with E-state index in [-0.39, 0.29) is 12.2 Å². The normalized spacial score (nSPS) is 20.7. The second-order valence-electron chi connectivity index (χ2n) is 7.75. The zero-order chi connectivity index (χ0) is 18.7. The summed E-state index contributed by atoms with van der Waals surface area (Å²) in [4.78, 5) is 0. The molecule has 1 rings (SSSR count). The van der Waals surface area contributed by atoms with Gasteiger partial charge in [-0.25, -0.2) is 0 Å². The van der Waals surface area contributed by atoms with E-state index in [9.17, 15) is 0 Å². The molecule has 2 atom stereocenters. The lowest BCUT2D eigenvalue weighted by atomic mass is 10.0. The first-order valence-corrected chi connectivity index (χ1v) is 11.4. The number of allylic oxidation sites excluding steroid dienone is 2. The van der Waals surface area contributed by atoms with Gasteiger partial charge in [0.2, 0.25) is 0 Å². The van der Waals surface area contributed by atoms with Gasteiger partial charge in [0.15, 0.2) is 0 Å². The number of hydrogen-bond donors (Lipinski definition) is 0. The Morgan fingerprint density at radius 3 is 1.77 bits per heavy atom. The highest BCUT2D eigenvalue weighted by atomic mass is 16.6. The third-order valence-electron chi connectivity index (χ3n) is 5.37. The van der Waals surface area contributed by atoms with Crippen molar-refractivity contribution in [3.05, 3.63) is 24.8 Å². The van der Waals surface area contributed by atoms with Gasteiger partial charge in [0.1, 0.15) is 6.10 Å². The molecule has 0 aliphatic carbocycles. The second-order valence-corrected chi connectivity index (χ2v) is 7.75. The van der Waals surface area contributed by atoms with Crippen molar-refractivity contribution in [1.82, 2.24) is 0 Å². The molecular weight excluding hydrogens is 320 g/mol. The first-order valence-electron chi connectivity index (χ1n) is 11.4. The van der Waals surface area contributed by atoms with Crippen molar-refractivity contribution in [2.24, 2.45) is 0 Å². The van der Waals surface area contributed by atoms with Crippen LogP contribution in [0.25, 0.3) is 0 Å². The number of rotatable bonds is 17. The van der Waals surface area contributed by atoms with Gasteiger partial charge in [-0.1, -0.05) is 122 Å². The molecule has 26 heavy (non-hydrogen) atoms. The fraction of sp³-hybridized carbons (Fsp3) is 0.833. The van der Waals surface area contributed by atoms with Gasteiger partial charge in [-0.05, 0) is 6.42 Å². The Morgan fingerprint density at radius 1 is 0.731 bits per heavy atom. The van der Waals surface area contributed by atoms with Crippen molar-refractivity contribution >= 4 is 0 Å². The summed E-state index contributed by atoms with van der Waals surface area (Å²) < 4.78 is 11.7. The molecule has 0 N–H and O–H groups in total. The van der Waals surface area contributed by atoms with Crippen LogP contribution in [0.5, 0.6) is 0 Å². The minimum atomic E-state index is 0.115. The van der Waals surface area contributed by atoms with Crippen LogP contribution in [0.2, 0.25) is 0 Å². The molecule has 0 amide bonds. The van der Waals surface area contributed by atoms with E-state index in [1.807, 2.05) is 12.2 Å². The van der Waals surface area contributed by atoms with E-state index in [1.165, 1.54) is 89.9 Å². The van der Waals surface area contributed by atoms with Gasteiger partial charge < -0.3 is 9.47 Å². The van der Waals surface area contributed by atoms with Crippen molar-refractivity contribution in [1.29, 1.82) is 0 Å². The quantitative estimate of drug-likeness (QED) is 0.198. The Bertz CT molecular complexity index is 337. The van der Waals surface area contributed by atoms with Gasteiger partial charge in [-0.15, -0.1) is 0 Å². The van der Waals surface area contributed by atoms with E-state index in [0.29, 0.717) is 6.61 Å². The maximum Gasteiger partial charge on any atom is 0.102 e. The molecule has 0 aromatic carbocycles. The van der Waals surface area contributed by atoms with Crippen molar-refractivity contribution in [2.75, 3.05) is 13.2 Å². The van der Waals surface area contributed by atoms with Crippen LogP contribution in [0.3, 0.4) is 0 Å². The molecule has 0 aromatic rings. The molecule has 1 aliphatic rings. The maximum absolute atomic E-state index is 5.89. The van der Waals surface area contributed by atoms with Crippen molar-refractivity contribution < 1.29 is 9.47 Å². The highest BCUT2D eigenvalue weighted by Gasteiger charge is 2.23. The molecule has 0 spiro atoms. The predicted octanol–water partition coefficient (Wildman–Crippen LogP) is 7.38. The van der Waals surface area contributed by atoms with Crippen LogP contribution in [0.4, 0.5) is 0 Å². The summed E-state index contributed by atoms with van der Waals surface area (Å²) in [6.07, 6.45) is 27.0. The second kappa shape index (κ2) is 17.8. The molecule has 2 nitrogen and oxygen atoms in total. The topological polar surface area (TPSA) is 18.5 Å². The average Bonchev–Trinajstić information content (AvgIpc) is 2.67. The molecule has 2 heteroatoms. The molecular formula is C24H44O2. The summed E-state index contributed by atoms with van der Waals surface area (Å²) in [5.41, 5.74) is 0. The highest BCUT2D eigenvalue weighted by Crippen LogP contribution is 2.19. The number of unbranched alkanes of at least 4 members (excludes halogenated alkanes) is 13.